The molecule has 0 unspecified atom stereocenters. The molecule has 1 rings (SSSR count). The summed E-state index contributed by atoms with van der Waals surface area (Å²) >= 11 is 4.54. The van der Waals surface area contributed by atoms with Gasteiger partial charge in [0.05, 0.1) is 16.4 Å². The van der Waals surface area contributed by atoms with Crippen LogP contribution in [0.25, 0.3) is 0 Å². The lowest BCUT2D eigenvalue weighted by Gasteiger charge is -2.19. The van der Waals surface area contributed by atoms with Crippen LogP contribution in [0.3, 0.4) is 0 Å². The van der Waals surface area contributed by atoms with E-state index in [1.54, 1.807) is 13.1 Å². The van der Waals surface area contributed by atoms with Crippen LogP contribution in [0, 0.1) is 0 Å². The van der Waals surface area contributed by atoms with Crippen LogP contribution in [0.2, 0.25) is 0 Å². The number of halogens is 1. The van der Waals surface area contributed by atoms with Gasteiger partial charge < -0.3 is 10.0 Å². The molecular formula is C9H12BrN3O3S. The fourth-order valence-electron chi connectivity index (χ4n) is 1.12. The highest BCUT2D eigenvalue weighted by Gasteiger charge is 2.14. The lowest BCUT2D eigenvalue weighted by atomic mass is 10.4. The van der Waals surface area contributed by atoms with Gasteiger partial charge in [-0.3, -0.25) is 10.1 Å². The zero-order valence-electron chi connectivity index (χ0n) is 9.14. The Hall–Kier alpha value is -1.15. The Kier molecular flexibility index (Phi) is 5.36. The molecule has 17 heavy (non-hydrogen) atoms. The lowest BCUT2D eigenvalue weighted by Crippen LogP contribution is -2.36. The zero-order valence-corrected chi connectivity index (χ0v) is 11.5. The van der Waals surface area contributed by atoms with E-state index in [4.69, 9.17) is 5.11 Å². The second-order valence-electron chi connectivity index (χ2n) is 3.12. The minimum Gasteiger partial charge on any atom is -0.481 e. The molecule has 1 aromatic heterocycles. The largest absolute Gasteiger partial charge is 0.481 e. The number of urea groups is 1. The Labute approximate surface area is 111 Å². The summed E-state index contributed by atoms with van der Waals surface area (Å²) in [6, 6.07) is -0.337. The number of thiazole rings is 1. The van der Waals surface area contributed by atoms with E-state index in [1.165, 1.54) is 16.2 Å². The monoisotopic (exact) mass is 321 g/mol. The van der Waals surface area contributed by atoms with E-state index in [2.05, 4.69) is 26.2 Å². The Morgan fingerprint density at radius 2 is 2.35 bits per heavy atom. The number of carbonyl (C=O) groups excluding carboxylic acids is 1. The molecule has 1 heterocycles. The summed E-state index contributed by atoms with van der Waals surface area (Å²) in [5.74, 6) is -0.923. The van der Waals surface area contributed by atoms with Gasteiger partial charge in [-0.2, -0.15) is 0 Å². The van der Waals surface area contributed by atoms with Crippen LogP contribution in [0.1, 0.15) is 13.3 Å². The average Bonchev–Trinajstić information content (AvgIpc) is 2.64. The number of rotatable bonds is 5. The molecule has 1 aromatic rings. The first-order chi connectivity index (χ1) is 8.02. The van der Waals surface area contributed by atoms with Crippen molar-refractivity contribution in [3.05, 3.63) is 9.98 Å². The molecule has 2 amide bonds. The maximum Gasteiger partial charge on any atom is 0.323 e. The molecule has 0 saturated heterocycles. The number of hydrogen-bond acceptors (Lipinski definition) is 4. The van der Waals surface area contributed by atoms with Crippen molar-refractivity contribution in [3.63, 3.8) is 0 Å². The first kappa shape index (κ1) is 13.9. The van der Waals surface area contributed by atoms with Gasteiger partial charge in [0, 0.05) is 13.1 Å². The molecule has 0 saturated carbocycles. The van der Waals surface area contributed by atoms with Crippen molar-refractivity contribution in [2.75, 3.05) is 18.4 Å². The number of anilines is 1. The summed E-state index contributed by atoms with van der Waals surface area (Å²) in [5.41, 5.74) is 0. The standard InChI is InChI=1S/C9H12BrN3O3S/c1-2-13(4-3-7(14)15)9(16)12-8-11-5-6(10)17-8/h5H,2-4H2,1H3,(H,14,15)(H,11,12,16). The molecule has 0 radical (unpaired) electrons. The van der Waals surface area contributed by atoms with Crippen LogP contribution in [-0.4, -0.2) is 40.1 Å². The van der Waals surface area contributed by atoms with Crippen molar-refractivity contribution < 1.29 is 14.7 Å². The van der Waals surface area contributed by atoms with Gasteiger partial charge in [0.25, 0.3) is 0 Å². The van der Waals surface area contributed by atoms with E-state index in [0.29, 0.717) is 11.7 Å². The van der Waals surface area contributed by atoms with Crippen molar-refractivity contribution in [1.82, 2.24) is 9.88 Å². The number of amides is 2. The maximum absolute atomic E-state index is 11.7. The summed E-state index contributed by atoms with van der Waals surface area (Å²) < 4.78 is 0.821. The normalized spacial score (nSPS) is 10.0. The Balaban J connectivity index is 2.51. The SMILES string of the molecule is CCN(CCC(=O)O)C(=O)Nc1ncc(Br)s1. The number of hydrogen-bond donors (Lipinski definition) is 2. The molecule has 0 bridgehead atoms. The van der Waals surface area contributed by atoms with Crippen LogP contribution in [0.15, 0.2) is 9.98 Å². The van der Waals surface area contributed by atoms with Gasteiger partial charge in [0.15, 0.2) is 5.13 Å². The fraction of sp³-hybridized carbons (Fsp3) is 0.444. The van der Waals surface area contributed by atoms with Gasteiger partial charge in [-0.05, 0) is 22.9 Å². The molecular weight excluding hydrogens is 310 g/mol. The van der Waals surface area contributed by atoms with Gasteiger partial charge in [0.2, 0.25) is 0 Å². The second-order valence-corrected chi connectivity index (χ2v) is 5.53. The Morgan fingerprint density at radius 3 is 2.82 bits per heavy atom. The van der Waals surface area contributed by atoms with Crippen LogP contribution in [0.4, 0.5) is 9.93 Å². The van der Waals surface area contributed by atoms with Crippen LogP contribution in [0.5, 0.6) is 0 Å². The van der Waals surface area contributed by atoms with Crippen molar-refractivity contribution in [2.45, 2.75) is 13.3 Å². The number of carboxylic acids is 1. The van der Waals surface area contributed by atoms with Crippen molar-refractivity contribution in [3.8, 4) is 0 Å². The summed E-state index contributed by atoms with van der Waals surface area (Å²) in [6.45, 7) is 2.43. The molecule has 0 fully saturated rings. The molecule has 0 atom stereocenters. The molecule has 0 spiro atoms. The number of nitrogens with one attached hydrogen (secondary N) is 1. The van der Waals surface area contributed by atoms with Crippen molar-refractivity contribution >= 4 is 44.4 Å². The third kappa shape index (κ3) is 4.70. The third-order valence-electron chi connectivity index (χ3n) is 1.96. The van der Waals surface area contributed by atoms with Gasteiger partial charge in [0.1, 0.15) is 0 Å². The van der Waals surface area contributed by atoms with E-state index in [-0.39, 0.29) is 19.0 Å². The van der Waals surface area contributed by atoms with Crippen LogP contribution >= 0.6 is 27.3 Å². The minimum atomic E-state index is -0.923. The highest BCUT2D eigenvalue weighted by atomic mass is 79.9. The molecule has 0 aliphatic heterocycles. The number of aliphatic carboxylic acids is 1. The summed E-state index contributed by atoms with van der Waals surface area (Å²) in [5, 5.41) is 11.6. The summed E-state index contributed by atoms with van der Waals surface area (Å²) in [6.07, 6.45) is 1.52. The molecule has 8 heteroatoms. The molecule has 0 aliphatic carbocycles. The summed E-state index contributed by atoms with van der Waals surface area (Å²) in [4.78, 5) is 27.6. The number of carbonyl (C=O) groups is 2. The zero-order chi connectivity index (χ0) is 12.8. The second kappa shape index (κ2) is 6.55. The summed E-state index contributed by atoms with van der Waals surface area (Å²) in [7, 11) is 0. The molecule has 6 nitrogen and oxygen atoms in total. The molecule has 0 aliphatic rings. The van der Waals surface area contributed by atoms with Crippen LogP contribution < -0.4 is 5.32 Å². The number of aromatic nitrogens is 1. The Morgan fingerprint density at radius 1 is 1.65 bits per heavy atom. The average molecular weight is 322 g/mol. The molecule has 0 aromatic carbocycles. The van der Waals surface area contributed by atoms with Gasteiger partial charge in [-0.1, -0.05) is 11.3 Å². The van der Waals surface area contributed by atoms with Crippen molar-refractivity contribution in [2.24, 2.45) is 0 Å². The maximum atomic E-state index is 11.7. The van der Waals surface area contributed by atoms with E-state index in [0.717, 1.165) is 3.79 Å². The first-order valence-corrected chi connectivity index (χ1v) is 6.53. The molecule has 94 valence electrons. The predicted octanol–water partition coefficient (Wildman–Crippen LogP) is 2.23. The number of nitrogens with zero attached hydrogens (tertiary/aromatic N) is 2. The van der Waals surface area contributed by atoms with Gasteiger partial charge >= 0.3 is 12.0 Å². The topological polar surface area (TPSA) is 82.5 Å². The number of carboxylic acid groups (broad SMARTS) is 1. The van der Waals surface area contributed by atoms with Gasteiger partial charge in [-0.15, -0.1) is 0 Å². The van der Waals surface area contributed by atoms with Crippen molar-refractivity contribution in [1.29, 1.82) is 0 Å². The predicted molar refractivity (Wildman–Crippen MR) is 68.3 cm³/mol. The smallest absolute Gasteiger partial charge is 0.323 e. The van der Waals surface area contributed by atoms with E-state index >= 15 is 0 Å². The molecule has 2 N–H and O–H groups in total. The van der Waals surface area contributed by atoms with E-state index in [1.807, 2.05) is 0 Å². The van der Waals surface area contributed by atoms with Crippen LogP contribution in [-0.2, 0) is 4.79 Å². The highest BCUT2D eigenvalue weighted by Crippen LogP contribution is 2.23. The lowest BCUT2D eigenvalue weighted by molar-refractivity contribution is -0.137. The minimum absolute atomic E-state index is 0.0666. The van der Waals surface area contributed by atoms with Gasteiger partial charge in [-0.25, -0.2) is 9.78 Å². The quantitative estimate of drug-likeness (QED) is 0.871. The first-order valence-electron chi connectivity index (χ1n) is 4.92. The van der Waals surface area contributed by atoms with E-state index < -0.39 is 5.97 Å². The fourth-order valence-corrected chi connectivity index (χ4v) is 2.21. The third-order valence-corrected chi connectivity index (χ3v) is 3.35. The Bertz CT molecular complexity index is 410. The highest BCUT2D eigenvalue weighted by molar-refractivity contribution is 9.11. The van der Waals surface area contributed by atoms with E-state index in [9.17, 15) is 9.59 Å².